The molecule has 3 rings (SSSR count). The van der Waals surface area contributed by atoms with Gasteiger partial charge in [0.05, 0.1) is 0 Å². The molecule has 0 saturated carbocycles. The van der Waals surface area contributed by atoms with Gasteiger partial charge in [0, 0.05) is 22.5 Å². The fourth-order valence-corrected chi connectivity index (χ4v) is 3.45. The zero-order valence-corrected chi connectivity index (χ0v) is 21.8. The third-order valence-electron chi connectivity index (χ3n) is 4.08. The molecule has 6 N–H and O–H groups in total. The van der Waals surface area contributed by atoms with Crippen LogP contribution in [-0.2, 0) is 9.13 Å². The molecule has 0 radical (unpaired) electrons. The van der Waals surface area contributed by atoms with Crippen LogP contribution in [0, 0.1) is 0 Å². The Hall–Kier alpha value is -2.50. The van der Waals surface area contributed by atoms with Crippen molar-refractivity contribution in [3.63, 3.8) is 0 Å². The van der Waals surface area contributed by atoms with Crippen molar-refractivity contribution in [2.24, 2.45) is 0 Å². The third kappa shape index (κ3) is 9.58. The second-order valence-electron chi connectivity index (χ2n) is 6.70. The fraction of sp³-hybridized carbons (Fsp3) is 0. The molecule has 3 aromatic rings. The number of rotatable bonds is 8. The Labute approximate surface area is 221 Å². The van der Waals surface area contributed by atoms with Crippen LogP contribution in [0.25, 0.3) is 0 Å². The normalized spacial score (nSPS) is 11.1. The molecule has 178 valence electrons. The summed E-state index contributed by atoms with van der Waals surface area (Å²) in [6.45, 7) is 0. The number of benzene rings is 3. The second-order valence-corrected chi connectivity index (χ2v) is 9.03. The first-order valence-corrected chi connectivity index (χ1v) is 12.4. The Morgan fingerprint density at radius 1 is 0.571 bits per heavy atom. The van der Waals surface area contributed by atoms with E-state index in [1.54, 1.807) is 0 Å². The van der Waals surface area contributed by atoms with Gasteiger partial charge in [-0.15, -0.1) is 0 Å². The van der Waals surface area contributed by atoms with E-state index in [2.05, 4.69) is 19.7 Å². The Morgan fingerprint density at radius 2 is 0.857 bits per heavy atom. The summed E-state index contributed by atoms with van der Waals surface area (Å²) in [4.78, 5) is 59.9. The van der Waals surface area contributed by atoms with Gasteiger partial charge in [-0.2, -0.15) is 0 Å². The Morgan fingerprint density at radius 3 is 1.11 bits per heavy atom. The van der Waals surface area contributed by atoms with Gasteiger partial charge in [-0.3, -0.25) is 29.2 Å². The number of nitrogens with one attached hydrogen (secondary N) is 2. The summed E-state index contributed by atoms with van der Waals surface area (Å²) in [5, 5.41) is 5.20. The van der Waals surface area contributed by atoms with E-state index < -0.39 is 27.5 Å². The van der Waals surface area contributed by atoms with E-state index in [-0.39, 0.29) is 52.2 Å². The number of anilines is 2. The Bertz CT molecular complexity index is 1170. The largest absolute Gasteiger partial charge is 1.00 e. The zero-order valence-electron chi connectivity index (χ0n) is 18.1. The van der Waals surface area contributed by atoms with Crippen LogP contribution in [0.15, 0.2) is 72.8 Å². The summed E-state index contributed by atoms with van der Waals surface area (Å²) >= 11 is 0. The van der Waals surface area contributed by atoms with Crippen LogP contribution >= 0.6 is 15.6 Å². The Kier molecular flexibility index (Phi) is 9.82. The molecular formula is C20H18N2NaO10P2+. The molecule has 0 fully saturated rings. The summed E-state index contributed by atoms with van der Waals surface area (Å²) in [6, 6.07) is 16.5. The van der Waals surface area contributed by atoms with Gasteiger partial charge in [-0.25, -0.2) is 9.13 Å². The zero-order chi connectivity index (χ0) is 24.9. The molecule has 15 heteroatoms. The predicted molar refractivity (Wildman–Crippen MR) is 121 cm³/mol. The average Bonchev–Trinajstić information content (AvgIpc) is 2.74. The van der Waals surface area contributed by atoms with Crippen molar-refractivity contribution in [3.05, 3.63) is 83.9 Å². The monoisotopic (exact) mass is 531 g/mol. The van der Waals surface area contributed by atoms with Crippen LogP contribution in [0.1, 0.15) is 20.7 Å². The van der Waals surface area contributed by atoms with Crippen molar-refractivity contribution < 1.29 is 76.9 Å². The fourth-order valence-electron chi connectivity index (χ4n) is 2.65. The molecule has 0 bridgehead atoms. The maximum absolute atomic E-state index is 12.4. The van der Waals surface area contributed by atoms with Gasteiger partial charge in [-0.1, -0.05) is 0 Å². The molecular weight excluding hydrogens is 513 g/mol. The molecule has 0 spiro atoms. The summed E-state index contributed by atoms with van der Waals surface area (Å²) in [6.07, 6.45) is 0. The summed E-state index contributed by atoms with van der Waals surface area (Å²) in [5.41, 5.74) is 1.23. The van der Waals surface area contributed by atoms with Crippen molar-refractivity contribution in [2.75, 3.05) is 10.6 Å². The maximum Gasteiger partial charge on any atom is 1.00 e. The standard InChI is InChI=1S/C20H18N2O10P2.Na/c23-19(21-15-5-9-17(10-6-15)31-33(25,26)27)13-1-2-14(4-3-13)20(24)22-16-7-11-18(12-8-16)32-34(28,29)30;/h1-12H,(H,21,23)(H,22,24)(H2,25,26,27)(H2,28,29,30);/q;+1. The first-order valence-electron chi connectivity index (χ1n) is 9.31. The molecule has 3 aromatic carbocycles. The van der Waals surface area contributed by atoms with Crippen molar-refractivity contribution >= 4 is 38.8 Å². The van der Waals surface area contributed by atoms with Crippen LogP contribution in [0.4, 0.5) is 11.4 Å². The summed E-state index contributed by atoms with van der Waals surface area (Å²) in [7, 11) is -9.36. The number of carbonyl (C=O) groups excluding carboxylic acids is 2. The van der Waals surface area contributed by atoms with Crippen molar-refractivity contribution in [1.82, 2.24) is 0 Å². The summed E-state index contributed by atoms with van der Waals surface area (Å²) in [5.74, 6) is -1.08. The molecule has 0 aromatic heterocycles. The van der Waals surface area contributed by atoms with Gasteiger partial charge in [-0.05, 0) is 72.8 Å². The van der Waals surface area contributed by atoms with Gasteiger partial charge in [0.25, 0.3) is 11.8 Å². The number of phosphoric ester groups is 2. The summed E-state index contributed by atoms with van der Waals surface area (Å²) < 4.78 is 30.5. The quantitative estimate of drug-likeness (QED) is 0.172. The van der Waals surface area contributed by atoms with E-state index in [1.807, 2.05) is 0 Å². The van der Waals surface area contributed by atoms with E-state index in [0.29, 0.717) is 11.4 Å². The molecule has 0 aliphatic rings. The van der Waals surface area contributed by atoms with Gasteiger partial charge < -0.3 is 19.7 Å². The number of hydrogen-bond donors (Lipinski definition) is 6. The number of phosphoric acid groups is 2. The number of hydrogen-bond acceptors (Lipinski definition) is 6. The van der Waals surface area contributed by atoms with Gasteiger partial charge in [0.2, 0.25) is 0 Å². The predicted octanol–water partition coefficient (Wildman–Crippen LogP) is 0.138. The molecule has 0 aliphatic heterocycles. The van der Waals surface area contributed by atoms with Crippen LogP contribution in [0.2, 0.25) is 0 Å². The van der Waals surface area contributed by atoms with Crippen molar-refractivity contribution in [1.29, 1.82) is 0 Å². The van der Waals surface area contributed by atoms with E-state index in [9.17, 15) is 18.7 Å². The van der Waals surface area contributed by atoms with Crippen molar-refractivity contribution in [3.8, 4) is 11.5 Å². The minimum atomic E-state index is -4.68. The first kappa shape index (κ1) is 28.7. The molecule has 35 heavy (non-hydrogen) atoms. The van der Waals surface area contributed by atoms with Gasteiger partial charge >= 0.3 is 45.2 Å². The minimum absolute atomic E-state index is 0. The van der Waals surface area contributed by atoms with Crippen LogP contribution < -0.4 is 49.2 Å². The van der Waals surface area contributed by atoms with Gasteiger partial charge in [0.15, 0.2) is 0 Å². The van der Waals surface area contributed by atoms with Crippen LogP contribution in [-0.4, -0.2) is 31.4 Å². The van der Waals surface area contributed by atoms with Crippen LogP contribution in [0.5, 0.6) is 11.5 Å². The maximum atomic E-state index is 12.4. The van der Waals surface area contributed by atoms with E-state index in [1.165, 1.54) is 72.8 Å². The van der Waals surface area contributed by atoms with Gasteiger partial charge in [0.1, 0.15) is 11.5 Å². The molecule has 2 amide bonds. The Balaban J connectivity index is 0.00000432. The molecule has 0 saturated heterocycles. The minimum Gasteiger partial charge on any atom is -0.404 e. The average molecular weight is 531 g/mol. The SMILES string of the molecule is O=C(Nc1ccc(OP(=O)(O)O)cc1)c1ccc(C(=O)Nc2ccc(OP(=O)(O)O)cc2)cc1.[Na+]. The molecule has 0 aliphatic carbocycles. The molecule has 0 unspecified atom stereocenters. The molecule has 0 atom stereocenters. The van der Waals surface area contributed by atoms with E-state index in [4.69, 9.17) is 19.6 Å². The topological polar surface area (TPSA) is 192 Å². The van der Waals surface area contributed by atoms with E-state index in [0.717, 1.165) is 0 Å². The van der Waals surface area contributed by atoms with E-state index >= 15 is 0 Å². The smallest absolute Gasteiger partial charge is 0.404 e. The first-order chi connectivity index (χ1) is 15.9. The number of amides is 2. The van der Waals surface area contributed by atoms with Crippen molar-refractivity contribution in [2.45, 2.75) is 0 Å². The number of carbonyl (C=O) groups is 2. The van der Waals surface area contributed by atoms with Crippen LogP contribution in [0.3, 0.4) is 0 Å². The molecule has 12 nitrogen and oxygen atoms in total. The second kappa shape index (κ2) is 12.0. The third-order valence-corrected chi connectivity index (χ3v) is 4.98. The molecule has 0 heterocycles.